The zero-order valence-corrected chi connectivity index (χ0v) is 13.5. The van der Waals surface area contributed by atoms with Crippen molar-refractivity contribution in [2.75, 3.05) is 0 Å². The van der Waals surface area contributed by atoms with Crippen molar-refractivity contribution in [3.63, 3.8) is 0 Å². The molecule has 2 aromatic heterocycles. The quantitative estimate of drug-likeness (QED) is 0.574. The maximum Gasteiger partial charge on any atom is 0.263 e. The minimum absolute atomic E-state index is 0.162. The standard InChI is InChI=1S/C17H11N3OS2/c21-16-13(23-17(22)19-16)10-12-15(11-6-2-1-3-7-11)18-14-8-4-5-9-20(12)14/h1-10H,(H,19,21,22)/b13-10-. The molecule has 3 aromatic rings. The number of nitrogens with zero attached hydrogens (tertiary/aromatic N) is 2. The third kappa shape index (κ3) is 2.56. The van der Waals surface area contributed by atoms with Crippen molar-refractivity contribution in [1.82, 2.24) is 14.7 Å². The lowest BCUT2D eigenvalue weighted by atomic mass is 10.1. The number of hydrogen-bond acceptors (Lipinski definition) is 4. The molecule has 23 heavy (non-hydrogen) atoms. The van der Waals surface area contributed by atoms with E-state index in [2.05, 4.69) is 5.32 Å². The number of rotatable bonds is 2. The first-order valence-corrected chi connectivity index (χ1v) is 8.22. The van der Waals surface area contributed by atoms with Gasteiger partial charge in [0.25, 0.3) is 5.91 Å². The molecule has 1 aromatic carbocycles. The summed E-state index contributed by atoms with van der Waals surface area (Å²) in [6, 6.07) is 15.8. The molecule has 1 fully saturated rings. The summed E-state index contributed by atoms with van der Waals surface area (Å²) in [6.07, 6.45) is 3.79. The summed E-state index contributed by atoms with van der Waals surface area (Å²) in [5, 5.41) is 2.64. The van der Waals surface area contributed by atoms with E-state index in [1.807, 2.05) is 65.2 Å². The highest BCUT2D eigenvalue weighted by molar-refractivity contribution is 8.26. The number of pyridine rings is 1. The normalized spacial score (nSPS) is 16.3. The molecule has 0 aliphatic carbocycles. The molecule has 3 heterocycles. The SMILES string of the molecule is O=C1NC(=S)S/C1=C\c1c(-c2ccccc2)nc2ccccn12. The molecule has 0 bridgehead atoms. The van der Waals surface area contributed by atoms with E-state index in [4.69, 9.17) is 17.2 Å². The highest BCUT2D eigenvalue weighted by atomic mass is 32.2. The second-order valence-electron chi connectivity index (χ2n) is 4.99. The molecule has 4 nitrogen and oxygen atoms in total. The van der Waals surface area contributed by atoms with Crippen molar-refractivity contribution < 1.29 is 4.79 Å². The van der Waals surface area contributed by atoms with E-state index in [0.717, 1.165) is 22.6 Å². The van der Waals surface area contributed by atoms with E-state index in [-0.39, 0.29) is 5.91 Å². The second kappa shape index (κ2) is 5.64. The molecular formula is C17H11N3OS2. The Morgan fingerprint density at radius 1 is 1.13 bits per heavy atom. The van der Waals surface area contributed by atoms with Crippen molar-refractivity contribution in [3.8, 4) is 11.3 Å². The number of aromatic nitrogens is 2. The number of benzene rings is 1. The van der Waals surface area contributed by atoms with Crippen LogP contribution < -0.4 is 5.32 Å². The highest BCUT2D eigenvalue weighted by Crippen LogP contribution is 2.31. The molecule has 0 saturated carbocycles. The van der Waals surface area contributed by atoms with Gasteiger partial charge in [-0.2, -0.15) is 0 Å². The van der Waals surface area contributed by atoms with Crippen molar-refractivity contribution in [1.29, 1.82) is 0 Å². The van der Waals surface area contributed by atoms with Crippen molar-refractivity contribution in [2.24, 2.45) is 0 Å². The lowest BCUT2D eigenvalue weighted by Gasteiger charge is -2.01. The van der Waals surface area contributed by atoms with Crippen LogP contribution in [0.15, 0.2) is 59.6 Å². The minimum atomic E-state index is -0.162. The lowest BCUT2D eigenvalue weighted by molar-refractivity contribution is -0.115. The Kier molecular flexibility index (Phi) is 3.48. The Bertz CT molecular complexity index is 960. The number of imidazole rings is 1. The van der Waals surface area contributed by atoms with Gasteiger partial charge in [-0.3, -0.25) is 9.20 Å². The zero-order chi connectivity index (χ0) is 15.8. The summed E-state index contributed by atoms with van der Waals surface area (Å²) in [6.45, 7) is 0. The maximum absolute atomic E-state index is 12.0. The van der Waals surface area contributed by atoms with Gasteiger partial charge in [-0.1, -0.05) is 60.4 Å². The summed E-state index contributed by atoms with van der Waals surface area (Å²) < 4.78 is 2.46. The number of nitrogens with one attached hydrogen (secondary N) is 1. The van der Waals surface area contributed by atoms with Gasteiger partial charge in [0.1, 0.15) is 9.97 Å². The number of carbonyl (C=O) groups is 1. The fourth-order valence-corrected chi connectivity index (χ4v) is 3.53. The molecule has 1 aliphatic heterocycles. The van der Waals surface area contributed by atoms with Gasteiger partial charge in [0, 0.05) is 11.8 Å². The number of thioether (sulfide) groups is 1. The molecule has 112 valence electrons. The van der Waals surface area contributed by atoms with Crippen LogP contribution >= 0.6 is 24.0 Å². The predicted molar refractivity (Wildman–Crippen MR) is 96.9 cm³/mol. The summed E-state index contributed by atoms with van der Waals surface area (Å²) in [7, 11) is 0. The van der Waals surface area contributed by atoms with Crippen LogP contribution in [-0.4, -0.2) is 19.6 Å². The monoisotopic (exact) mass is 337 g/mol. The van der Waals surface area contributed by atoms with E-state index in [1.165, 1.54) is 11.8 Å². The smallest absolute Gasteiger partial charge is 0.263 e. The first kappa shape index (κ1) is 14.2. The second-order valence-corrected chi connectivity index (χ2v) is 6.71. The average molecular weight is 337 g/mol. The van der Waals surface area contributed by atoms with E-state index < -0.39 is 0 Å². The number of amides is 1. The molecule has 1 saturated heterocycles. The number of fused-ring (bicyclic) bond motifs is 1. The van der Waals surface area contributed by atoms with Crippen molar-refractivity contribution in [3.05, 3.63) is 65.3 Å². The first-order valence-electron chi connectivity index (χ1n) is 7.00. The van der Waals surface area contributed by atoms with E-state index >= 15 is 0 Å². The fourth-order valence-electron chi connectivity index (χ4n) is 2.51. The van der Waals surface area contributed by atoms with Gasteiger partial charge >= 0.3 is 0 Å². The maximum atomic E-state index is 12.0. The third-order valence-corrected chi connectivity index (χ3v) is 4.69. The van der Waals surface area contributed by atoms with Crippen LogP contribution in [0.4, 0.5) is 0 Å². The molecule has 0 unspecified atom stereocenters. The molecule has 4 rings (SSSR count). The Morgan fingerprint density at radius 3 is 2.65 bits per heavy atom. The van der Waals surface area contributed by atoms with E-state index in [0.29, 0.717) is 9.23 Å². The summed E-state index contributed by atoms with van der Waals surface area (Å²) in [5.74, 6) is -0.162. The van der Waals surface area contributed by atoms with Gasteiger partial charge in [0.05, 0.1) is 16.3 Å². The van der Waals surface area contributed by atoms with Gasteiger partial charge in [-0.25, -0.2) is 4.98 Å². The Labute approximate surface area is 142 Å². The van der Waals surface area contributed by atoms with Crippen LogP contribution in [0.25, 0.3) is 23.0 Å². The highest BCUT2D eigenvalue weighted by Gasteiger charge is 2.23. The zero-order valence-electron chi connectivity index (χ0n) is 11.9. The lowest BCUT2D eigenvalue weighted by Crippen LogP contribution is -2.17. The van der Waals surface area contributed by atoms with Crippen LogP contribution in [0, 0.1) is 0 Å². The molecular weight excluding hydrogens is 326 g/mol. The Hall–Kier alpha value is -2.44. The summed E-state index contributed by atoms with van der Waals surface area (Å²) in [4.78, 5) is 17.3. The molecule has 1 N–H and O–H groups in total. The fraction of sp³-hybridized carbons (Fsp3) is 0. The molecule has 1 aliphatic rings. The van der Waals surface area contributed by atoms with Gasteiger partial charge in [0.2, 0.25) is 0 Å². The van der Waals surface area contributed by atoms with Gasteiger partial charge < -0.3 is 5.32 Å². The Morgan fingerprint density at radius 2 is 1.91 bits per heavy atom. The summed E-state index contributed by atoms with van der Waals surface area (Å²) in [5.41, 5.74) is 3.56. The third-order valence-electron chi connectivity index (χ3n) is 3.52. The summed E-state index contributed by atoms with van der Waals surface area (Å²) >= 11 is 6.33. The molecule has 0 spiro atoms. The van der Waals surface area contributed by atoms with Crippen LogP contribution in [0.1, 0.15) is 5.69 Å². The van der Waals surface area contributed by atoms with Crippen molar-refractivity contribution >= 4 is 45.9 Å². The van der Waals surface area contributed by atoms with Gasteiger partial charge in [-0.15, -0.1) is 0 Å². The van der Waals surface area contributed by atoms with Gasteiger partial charge in [0.15, 0.2) is 0 Å². The topological polar surface area (TPSA) is 46.4 Å². The number of hydrogen-bond donors (Lipinski definition) is 1. The van der Waals surface area contributed by atoms with Crippen LogP contribution in [-0.2, 0) is 4.79 Å². The van der Waals surface area contributed by atoms with Crippen LogP contribution in [0.3, 0.4) is 0 Å². The van der Waals surface area contributed by atoms with Gasteiger partial charge in [-0.05, 0) is 18.2 Å². The average Bonchev–Trinajstić information content (AvgIpc) is 3.09. The minimum Gasteiger partial charge on any atom is -0.307 e. The van der Waals surface area contributed by atoms with E-state index in [1.54, 1.807) is 0 Å². The van der Waals surface area contributed by atoms with E-state index in [9.17, 15) is 4.79 Å². The number of carbonyl (C=O) groups excluding carboxylic acids is 1. The van der Waals surface area contributed by atoms with Crippen LogP contribution in [0.5, 0.6) is 0 Å². The molecule has 0 radical (unpaired) electrons. The van der Waals surface area contributed by atoms with Crippen molar-refractivity contribution in [2.45, 2.75) is 0 Å². The van der Waals surface area contributed by atoms with Crippen LogP contribution in [0.2, 0.25) is 0 Å². The number of thiocarbonyl (C=S) groups is 1. The Balaban J connectivity index is 1.95. The molecule has 0 atom stereocenters. The predicted octanol–water partition coefficient (Wildman–Crippen LogP) is 3.49. The molecule has 6 heteroatoms. The molecule has 1 amide bonds. The largest absolute Gasteiger partial charge is 0.307 e. The first-order chi connectivity index (χ1) is 11.2.